The molecule has 1 aromatic carbocycles. The van der Waals surface area contributed by atoms with Crippen LogP contribution in [0, 0.1) is 25.5 Å². The predicted molar refractivity (Wildman–Crippen MR) is 142 cm³/mol. The van der Waals surface area contributed by atoms with Crippen molar-refractivity contribution < 1.29 is 17.2 Å². The van der Waals surface area contributed by atoms with Crippen molar-refractivity contribution in [3.63, 3.8) is 0 Å². The Morgan fingerprint density at radius 1 is 1.08 bits per heavy atom. The molecule has 0 spiro atoms. The first-order chi connectivity index (χ1) is 17.9. The number of aryl methyl sites for hydroxylation is 2. The molecule has 2 atom stereocenters. The molecule has 3 aromatic heterocycles. The lowest BCUT2D eigenvalue weighted by molar-refractivity contribution is 0.569. The van der Waals surface area contributed by atoms with Gasteiger partial charge in [0, 0.05) is 35.3 Å². The molecule has 0 amide bonds. The van der Waals surface area contributed by atoms with Gasteiger partial charge in [0.15, 0.2) is 21.5 Å². The second-order valence-electron chi connectivity index (χ2n) is 9.47. The maximum absolute atomic E-state index is 16.0. The van der Waals surface area contributed by atoms with Crippen molar-refractivity contribution in [1.29, 1.82) is 0 Å². The van der Waals surface area contributed by atoms with Gasteiger partial charge in [-0.2, -0.15) is 0 Å². The Morgan fingerprint density at radius 3 is 2.47 bits per heavy atom. The number of hydrogen-bond donors (Lipinski definition) is 1. The minimum atomic E-state index is -3.91. The van der Waals surface area contributed by atoms with Crippen molar-refractivity contribution >= 4 is 27.3 Å². The number of rotatable bonds is 5. The van der Waals surface area contributed by atoms with Crippen LogP contribution in [0.1, 0.15) is 40.8 Å². The molecule has 1 aliphatic carbocycles. The molecule has 1 fully saturated rings. The number of nitrogens with two attached hydrogens (primary N) is 1. The van der Waals surface area contributed by atoms with Crippen LogP contribution in [0.25, 0.3) is 16.9 Å². The van der Waals surface area contributed by atoms with Gasteiger partial charge in [-0.15, -0.1) is 0 Å². The number of anilines is 1. The zero-order chi connectivity index (χ0) is 27.5. The van der Waals surface area contributed by atoms with Gasteiger partial charge in [-0.3, -0.25) is 14.3 Å². The number of aromatic nitrogens is 3. The summed E-state index contributed by atoms with van der Waals surface area (Å²) in [5, 5.41) is -0.0468. The van der Waals surface area contributed by atoms with Crippen LogP contribution in [-0.4, -0.2) is 29.2 Å². The predicted octanol–water partition coefficient (Wildman–Crippen LogP) is 5.10. The van der Waals surface area contributed by atoms with Crippen molar-refractivity contribution in [3.8, 4) is 16.9 Å². The van der Waals surface area contributed by atoms with Gasteiger partial charge in [0.05, 0.1) is 5.69 Å². The second-order valence-corrected chi connectivity index (χ2v) is 11.8. The summed E-state index contributed by atoms with van der Waals surface area (Å²) in [5.74, 6) is -1.67. The van der Waals surface area contributed by atoms with Crippen molar-refractivity contribution in [2.45, 2.75) is 37.0 Å². The number of halogens is 3. The van der Waals surface area contributed by atoms with Crippen LogP contribution in [0.2, 0.25) is 5.02 Å². The summed E-state index contributed by atoms with van der Waals surface area (Å²) in [6.07, 6.45) is 2.90. The summed E-state index contributed by atoms with van der Waals surface area (Å²) in [5.41, 5.74) is 6.47. The van der Waals surface area contributed by atoms with Gasteiger partial charge in [0.25, 0.3) is 5.56 Å². The Balaban J connectivity index is 1.62. The first kappa shape index (κ1) is 26.0. The maximum Gasteiger partial charge on any atom is 0.274 e. The first-order valence-corrected chi connectivity index (χ1v) is 14.0. The Bertz CT molecular complexity index is 1790. The van der Waals surface area contributed by atoms with Crippen LogP contribution in [-0.2, 0) is 9.84 Å². The van der Waals surface area contributed by atoms with Crippen LogP contribution in [0.4, 0.5) is 14.6 Å². The van der Waals surface area contributed by atoms with E-state index in [2.05, 4.69) is 9.97 Å². The fourth-order valence-electron chi connectivity index (χ4n) is 4.83. The van der Waals surface area contributed by atoms with Gasteiger partial charge in [0.2, 0.25) is 0 Å². The van der Waals surface area contributed by atoms with E-state index < -0.39 is 37.6 Å². The van der Waals surface area contributed by atoms with Crippen LogP contribution in [0.15, 0.2) is 58.4 Å². The molecular formula is C27H23ClF2N4O3S. The molecule has 0 bridgehead atoms. The lowest BCUT2D eigenvalue weighted by Crippen LogP contribution is -2.24. The van der Waals surface area contributed by atoms with E-state index in [1.807, 2.05) is 12.1 Å². The number of benzene rings is 1. The molecule has 0 radical (unpaired) electrons. The minimum absolute atomic E-state index is 0.0374. The third-order valence-corrected chi connectivity index (χ3v) is 8.24. The monoisotopic (exact) mass is 556 g/mol. The molecule has 0 unspecified atom stereocenters. The molecule has 196 valence electrons. The normalized spacial score (nSPS) is 17.0. The van der Waals surface area contributed by atoms with Crippen LogP contribution in [0.5, 0.6) is 0 Å². The van der Waals surface area contributed by atoms with Crippen LogP contribution in [0.3, 0.4) is 0 Å². The molecule has 1 saturated carbocycles. The Hall–Kier alpha value is -3.63. The van der Waals surface area contributed by atoms with E-state index in [1.165, 1.54) is 18.3 Å². The fraction of sp³-hybridized carbons (Fsp3) is 0.222. The van der Waals surface area contributed by atoms with Crippen molar-refractivity contribution in [2.24, 2.45) is 0 Å². The van der Waals surface area contributed by atoms with Crippen LogP contribution >= 0.6 is 11.6 Å². The Labute approximate surface area is 222 Å². The van der Waals surface area contributed by atoms with E-state index in [0.717, 1.165) is 29.0 Å². The highest BCUT2D eigenvalue weighted by Crippen LogP contribution is 2.55. The molecule has 7 nitrogen and oxygen atoms in total. The number of nitrogen functional groups attached to an aromatic ring is 1. The van der Waals surface area contributed by atoms with Gasteiger partial charge >= 0.3 is 0 Å². The summed E-state index contributed by atoms with van der Waals surface area (Å²) in [6, 6.07) is 10.8. The largest absolute Gasteiger partial charge is 0.384 e. The highest BCUT2D eigenvalue weighted by Gasteiger charge is 2.42. The number of hydrogen-bond acceptors (Lipinski definition) is 6. The smallest absolute Gasteiger partial charge is 0.274 e. The Morgan fingerprint density at radius 2 is 1.79 bits per heavy atom. The van der Waals surface area contributed by atoms with Gasteiger partial charge in [-0.25, -0.2) is 22.2 Å². The summed E-state index contributed by atoms with van der Waals surface area (Å²) in [7, 11) is -3.91. The number of pyridine rings is 3. The molecule has 0 aliphatic heterocycles. The third-order valence-electron chi connectivity index (χ3n) is 6.74. The average Bonchev–Trinajstić information content (AvgIpc) is 3.64. The number of sulfone groups is 1. The molecule has 3 heterocycles. The molecule has 4 aromatic rings. The van der Waals surface area contributed by atoms with Gasteiger partial charge in [0.1, 0.15) is 21.4 Å². The third kappa shape index (κ3) is 4.37. The average molecular weight is 557 g/mol. The molecule has 1 aliphatic rings. The molecule has 38 heavy (non-hydrogen) atoms. The SMILES string of the molecule is Cc1cnc(-c2cccc(S(C)(=O)=O)c2F)c(F)c1-n1c(C)cc([C@H]2C[C@@H]2c2cccc(N)n2)c(Cl)c1=O. The van der Waals surface area contributed by atoms with Gasteiger partial charge in [-0.05, 0) is 67.6 Å². The number of nitrogens with zero attached hydrogens (tertiary/aromatic N) is 3. The van der Waals surface area contributed by atoms with Crippen molar-refractivity contribution in [1.82, 2.24) is 14.5 Å². The summed E-state index contributed by atoms with van der Waals surface area (Å²) < 4.78 is 56.3. The van der Waals surface area contributed by atoms with Crippen molar-refractivity contribution in [3.05, 3.63) is 98.2 Å². The summed E-state index contributed by atoms with van der Waals surface area (Å²) >= 11 is 6.55. The first-order valence-electron chi connectivity index (χ1n) is 11.7. The molecule has 11 heteroatoms. The van der Waals surface area contributed by atoms with E-state index in [0.29, 0.717) is 22.6 Å². The topological polar surface area (TPSA) is 108 Å². The zero-order valence-corrected chi connectivity index (χ0v) is 22.2. The molecule has 5 rings (SSSR count). The molecule has 0 saturated heterocycles. The van der Waals surface area contributed by atoms with Gasteiger partial charge < -0.3 is 5.73 Å². The quantitative estimate of drug-likeness (QED) is 0.366. The van der Waals surface area contributed by atoms with E-state index in [1.54, 1.807) is 26.0 Å². The van der Waals surface area contributed by atoms with Crippen molar-refractivity contribution in [2.75, 3.05) is 12.0 Å². The van der Waals surface area contributed by atoms with E-state index >= 15 is 8.78 Å². The lowest BCUT2D eigenvalue weighted by atomic mass is 10.1. The fourth-order valence-corrected chi connectivity index (χ4v) is 5.87. The maximum atomic E-state index is 16.0. The zero-order valence-electron chi connectivity index (χ0n) is 20.7. The van der Waals surface area contributed by atoms with Crippen LogP contribution < -0.4 is 11.3 Å². The summed E-state index contributed by atoms with van der Waals surface area (Å²) in [6.45, 7) is 3.22. The lowest BCUT2D eigenvalue weighted by Gasteiger charge is -2.18. The summed E-state index contributed by atoms with van der Waals surface area (Å²) in [4.78, 5) is 21.3. The Kier molecular flexibility index (Phi) is 6.35. The molecule has 2 N–H and O–H groups in total. The van der Waals surface area contributed by atoms with E-state index in [-0.39, 0.29) is 28.1 Å². The standard InChI is InChI=1S/C27H23ClF2N4O3S/c1-13-12-32-25(15-6-4-8-20(23(15)29)38(3,36)37)24(30)26(13)34-14(2)10-18(22(28)27(34)35)16-11-17(16)19-7-5-9-21(31)33-19/h4-10,12,16-17H,11H2,1-3H3,(H2,31,33)/t16-,17-/m0/s1. The minimum Gasteiger partial charge on any atom is -0.384 e. The highest BCUT2D eigenvalue weighted by molar-refractivity contribution is 7.90. The van der Waals surface area contributed by atoms with Gasteiger partial charge in [-0.1, -0.05) is 23.7 Å². The second kappa shape index (κ2) is 9.28. The highest BCUT2D eigenvalue weighted by atomic mass is 35.5. The van der Waals surface area contributed by atoms with E-state index in [9.17, 15) is 13.2 Å². The van der Waals surface area contributed by atoms with E-state index in [4.69, 9.17) is 17.3 Å². The molecular weight excluding hydrogens is 534 g/mol.